The summed E-state index contributed by atoms with van der Waals surface area (Å²) in [7, 11) is 1.69. The lowest BCUT2D eigenvalue weighted by molar-refractivity contribution is -0.133. The largest absolute Gasteiger partial charge is 0.356 e. The van der Waals surface area contributed by atoms with E-state index in [0.717, 1.165) is 18.7 Å². The van der Waals surface area contributed by atoms with Crippen LogP contribution in [0, 0.1) is 12.8 Å². The predicted octanol–water partition coefficient (Wildman–Crippen LogP) is 1.76. The van der Waals surface area contributed by atoms with Crippen LogP contribution in [-0.2, 0) is 9.59 Å². The first-order valence-corrected chi connectivity index (χ1v) is 9.38. The Morgan fingerprint density at radius 3 is 2.75 bits per heavy atom. The van der Waals surface area contributed by atoms with Gasteiger partial charge in [0.1, 0.15) is 5.82 Å². The summed E-state index contributed by atoms with van der Waals surface area (Å²) in [6.45, 7) is 7.61. The number of aryl methyl sites for hydroxylation is 1. The second-order valence-electron chi connectivity index (χ2n) is 7.03. The van der Waals surface area contributed by atoms with Gasteiger partial charge >= 0.3 is 0 Å². The minimum Gasteiger partial charge on any atom is -0.356 e. The summed E-state index contributed by atoms with van der Waals surface area (Å²) in [5.74, 6) is 1.29. The summed E-state index contributed by atoms with van der Waals surface area (Å²) in [5, 5.41) is 9.25. The monoisotopic (exact) mass is 502 g/mol. The normalized spacial score (nSPS) is 16.5. The van der Waals surface area contributed by atoms with E-state index in [0.29, 0.717) is 31.3 Å². The van der Waals surface area contributed by atoms with E-state index in [1.165, 1.54) is 0 Å². The van der Waals surface area contributed by atoms with Gasteiger partial charge in [0.25, 0.3) is 0 Å². The zero-order chi connectivity index (χ0) is 19.8. The zero-order valence-corrected chi connectivity index (χ0v) is 19.3. The maximum atomic E-state index is 12.1. The molecule has 8 nitrogen and oxygen atoms in total. The van der Waals surface area contributed by atoms with Gasteiger partial charge in [-0.2, -0.15) is 0 Å². The third kappa shape index (κ3) is 7.61. The molecule has 3 N–H and O–H groups in total. The van der Waals surface area contributed by atoms with Gasteiger partial charge in [0.2, 0.25) is 11.8 Å². The Balaban J connectivity index is 0.00000392. The minimum absolute atomic E-state index is 0. The Morgan fingerprint density at radius 2 is 2.11 bits per heavy atom. The van der Waals surface area contributed by atoms with Crippen LogP contribution >= 0.6 is 24.0 Å². The fourth-order valence-electron chi connectivity index (χ4n) is 2.94. The first kappa shape index (κ1) is 24.1. The van der Waals surface area contributed by atoms with Crippen LogP contribution in [0.3, 0.4) is 0 Å². The number of carbonyl (C=O) groups excluding carboxylic acids is 2. The quantitative estimate of drug-likeness (QED) is 0.313. The van der Waals surface area contributed by atoms with Crippen LogP contribution in [0.15, 0.2) is 23.2 Å². The van der Waals surface area contributed by atoms with Crippen LogP contribution in [0.2, 0.25) is 0 Å². The van der Waals surface area contributed by atoms with Crippen LogP contribution in [0.4, 0.5) is 5.82 Å². The average Bonchev–Trinajstić information content (AvgIpc) is 3.08. The van der Waals surface area contributed by atoms with E-state index >= 15 is 0 Å². The predicted molar refractivity (Wildman–Crippen MR) is 122 cm³/mol. The van der Waals surface area contributed by atoms with Crippen molar-refractivity contribution in [2.75, 3.05) is 32.0 Å². The lowest BCUT2D eigenvalue weighted by Crippen LogP contribution is -2.45. The molecule has 156 valence electrons. The highest BCUT2D eigenvalue weighted by Gasteiger charge is 2.27. The number of rotatable bonds is 6. The lowest BCUT2D eigenvalue weighted by Gasteiger charge is -2.20. The fraction of sp³-hybridized carbons (Fsp3) is 0.579. The molecule has 1 aliphatic rings. The fourth-order valence-corrected chi connectivity index (χ4v) is 2.94. The topological polar surface area (TPSA) is 98.7 Å². The number of halogens is 1. The van der Waals surface area contributed by atoms with Crippen molar-refractivity contribution in [3.63, 3.8) is 0 Å². The molecule has 1 saturated heterocycles. The molecule has 0 bridgehead atoms. The standard InChI is InChI=1S/C19H30N6O2.HI/c1-13(2)18(27)25-11-9-15(12-25)23-19(20-4)21-10-8-17(26)24-16-7-5-6-14(3)22-16;/h5-7,13,15H,8-12H2,1-4H3,(H2,20,21,23)(H,22,24,26);1H. The molecular formula is C19H31IN6O2. The Morgan fingerprint density at radius 1 is 1.36 bits per heavy atom. The smallest absolute Gasteiger partial charge is 0.227 e. The second-order valence-corrected chi connectivity index (χ2v) is 7.03. The van der Waals surface area contributed by atoms with Gasteiger partial charge in [-0.1, -0.05) is 19.9 Å². The first-order valence-electron chi connectivity index (χ1n) is 9.38. The van der Waals surface area contributed by atoms with Gasteiger partial charge in [0, 0.05) is 50.8 Å². The second kappa shape index (κ2) is 11.8. The van der Waals surface area contributed by atoms with Crippen molar-refractivity contribution in [3.8, 4) is 0 Å². The number of pyridine rings is 1. The first-order chi connectivity index (χ1) is 12.9. The van der Waals surface area contributed by atoms with E-state index in [-0.39, 0.29) is 47.8 Å². The number of nitrogens with one attached hydrogen (secondary N) is 3. The molecule has 0 aliphatic carbocycles. The van der Waals surface area contributed by atoms with Crippen LogP contribution in [0.1, 0.15) is 32.4 Å². The summed E-state index contributed by atoms with van der Waals surface area (Å²) in [4.78, 5) is 34.4. The van der Waals surface area contributed by atoms with Gasteiger partial charge in [-0.3, -0.25) is 14.6 Å². The van der Waals surface area contributed by atoms with Gasteiger partial charge < -0.3 is 20.9 Å². The maximum Gasteiger partial charge on any atom is 0.227 e. The Bertz CT molecular complexity index is 695. The van der Waals surface area contributed by atoms with Crippen molar-refractivity contribution < 1.29 is 9.59 Å². The van der Waals surface area contributed by atoms with Crippen molar-refractivity contribution in [2.24, 2.45) is 10.9 Å². The summed E-state index contributed by atoms with van der Waals surface area (Å²) in [6.07, 6.45) is 1.19. The Labute approximate surface area is 184 Å². The molecule has 0 aromatic carbocycles. The summed E-state index contributed by atoms with van der Waals surface area (Å²) in [5.41, 5.74) is 0.858. The zero-order valence-electron chi connectivity index (χ0n) is 17.0. The number of guanidine groups is 1. The molecule has 2 amide bonds. The van der Waals surface area contributed by atoms with Gasteiger partial charge in [0.15, 0.2) is 5.96 Å². The molecule has 1 unspecified atom stereocenters. The molecule has 0 spiro atoms. The van der Waals surface area contributed by atoms with Crippen molar-refractivity contribution in [1.82, 2.24) is 20.5 Å². The molecule has 1 atom stereocenters. The number of aliphatic imine (C=N–C) groups is 1. The molecule has 1 fully saturated rings. The molecule has 0 saturated carbocycles. The number of hydrogen-bond donors (Lipinski definition) is 3. The molecule has 9 heteroatoms. The maximum absolute atomic E-state index is 12.1. The van der Waals surface area contributed by atoms with E-state index < -0.39 is 0 Å². The number of aromatic nitrogens is 1. The Kier molecular flexibility index (Phi) is 10.2. The van der Waals surface area contributed by atoms with Gasteiger partial charge in [-0.15, -0.1) is 24.0 Å². The van der Waals surface area contributed by atoms with Crippen LogP contribution < -0.4 is 16.0 Å². The average molecular weight is 502 g/mol. The molecular weight excluding hydrogens is 471 g/mol. The molecule has 0 radical (unpaired) electrons. The number of hydrogen-bond acceptors (Lipinski definition) is 4. The summed E-state index contributed by atoms with van der Waals surface area (Å²) >= 11 is 0. The summed E-state index contributed by atoms with van der Waals surface area (Å²) in [6, 6.07) is 5.68. The van der Waals surface area contributed by atoms with E-state index in [1.807, 2.05) is 37.8 Å². The molecule has 1 aromatic rings. The number of amides is 2. The van der Waals surface area contributed by atoms with Crippen LogP contribution in [0.25, 0.3) is 0 Å². The minimum atomic E-state index is -0.106. The number of anilines is 1. The highest BCUT2D eigenvalue weighted by Crippen LogP contribution is 2.12. The van der Waals surface area contributed by atoms with Crippen LogP contribution in [0.5, 0.6) is 0 Å². The van der Waals surface area contributed by atoms with E-state index in [2.05, 4.69) is 25.9 Å². The van der Waals surface area contributed by atoms with Gasteiger partial charge in [-0.05, 0) is 25.5 Å². The molecule has 1 aliphatic heterocycles. The van der Waals surface area contributed by atoms with Crippen LogP contribution in [-0.4, -0.2) is 60.4 Å². The molecule has 1 aromatic heterocycles. The van der Waals surface area contributed by atoms with Gasteiger partial charge in [-0.25, -0.2) is 4.98 Å². The third-order valence-electron chi connectivity index (χ3n) is 4.36. The molecule has 28 heavy (non-hydrogen) atoms. The molecule has 2 heterocycles. The van der Waals surface area contributed by atoms with E-state index in [4.69, 9.17) is 0 Å². The number of carbonyl (C=O) groups is 2. The lowest BCUT2D eigenvalue weighted by atomic mass is 10.2. The molecule has 2 rings (SSSR count). The van der Waals surface area contributed by atoms with Crippen molar-refractivity contribution in [3.05, 3.63) is 23.9 Å². The van der Waals surface area contributed by atoms with Crippen molar-refractivity contribution in [2.45, 2.75) is 39.7 Å². The number of likely N-dealkylation sites (tertiary alicyclic amines) is 1. The highest BCUT2D eigenvalue weighted by atomic mass is 127. The Hall–Kier alpha value is -1.91. The van der Waals surface area contributed by atoms with E-state index in [1.54, 1.807) is 13.1 Å². The number of nitrogens with zero attached hydrogens (tertiary/aromatic N) is 3. The SMILES string of the molecule is CN=C(NCCC(=O)Nc1cccc(C)n1)NC1CCN(C(=O)C(C)C)C1.I. The van der Waals surface area contributed by atoms with Gasteiger partial charge in [0.05, 0.1) is 0 Å². The third-order valence-corrected chi connectivity index (χ3v) is 4.36. The van der Waals surface area contributed by atoms with E-state index in [9.17, 15) is 9.59 Å². The van der Waals surface area contributed by atoms with Crippen molar-refractivity contribution in [1.29, 1.82) is 0 Å². The highest BCUT2D eigenvalue weighted by molar-refractivity contribution is 14.0. The summed E-state index contributed by atoms with van der Waals surface area (Å²) < 4.78 is 0. The van der Waals surface area contributed by atoms with Crippen molar-refractivity contribution >= 4 is 47.6 Å².